The van der Waals surface area contributed by atoms with E-state index in [4.69, 9.17) is 4.74 Å². The summed E-state index contributed by atoms with van der Waals surface area (Å²) in [5.41, 5.74) is -0.245. The fourth-order valence-corrected chi connectivity index (χ4v) is 4.83. The first-order valence-corrected chi connectivity index (χ1v) is 10.8. The molecule has 2 aromatic carbocycles. The molecule has 31 heavy (non-hydrogen) atoms. The number of nitrogens with zero attached hydrogens (tertiary/aromatic N) is 1. The van der Waals surface area contributed by atoms with Crippen LogP contribution in [0.4, 0.5) is 18.9 Å². The molecule has 7 nitrogen and oxygen atoms in total. The Kier molecular flexibility index (Phi) is 6.99. The van der Waals surface area contributed by atoms with Crippen LogP contribution in [0.1, 0.15) is 23.2 Å². The van der Waals surface area contributed by atoms with Gasteiger partial charge in [0.15, 0.2) is 11.6 Å². The maximum Gasteiger partial charge on any atom is 0.255 e. The van der Waals surface area contributed by atoms with Crippen LogP contribution in [-0.2, 0) is 14.8 Å². The molecule has 0 spiro atoms. The molecular formula is C20H21F3N2O5S. The van der Waals surface area contributed by atoms with E-state index in [1.165, 1.54) is 7.11 Å². The summed E-state index contributed by atoms with van der Waals surface area (Å²) in [7, 11) is -2.96. The minimum atomic E-state index is -4.35. The van der Waals surface area contributed by atoms with E-state index >= 15 is 0 Å². The molecule has 1 fully saturated rings. The van der Waals surface area contributed by atoms with Crippen molar-refractivity contribution >= 4 is 21.6 Å². The number of benzene rings is 2. The van der Waals surface area contributed by atoms with Crippen LogP contribution in [0.15, 0.2) is 41.3 Å². The molecule has 168 valence electrons. The van der Waals surface area contributed by atoms with Crippen molar-refractivity contribution in [3.63, 3.8) is 0 Å². The van der Waals surface area contributed by atoms with Crippen LogP contribution < -0.4 is 5.32 Å². The summed E-state index contributed by atoms with van der Waals surface area (Å²) in [6.07, 6.45) is -0.947. The van der Waals surface area contributed by atoms with E-state index in [1.54, 1.807) is 0 Å². The van der Waals surface area contributed by atoms with Gasteiger partial charge in [0, 0.05) is 43.9 Å². The molecule has 0 bridgehead atoms. The zero-order valence-corrected chi connectivity index (χ0v) is 17.3. The predicted octanol–water partition coefficient (Wildman–Crippen LogP) is 2.52. The highest BCUT2D eigenvalue weighted by Gasteiger charge is 2.33. The van der Waals surface area contributed by atoms with Crippen LogP contribution in [-0.4, -0.2) is 56.1 Å². The molecule has 1 amide bonds. The van der Waals surface area contributed by atoms with Crippen molar-refractivity contribution in [1.82, 2.24) is 4.31 Å². The van der Waals surface area contributed by atoms with E-state index in [-0.39, 0.29) is 37.2 Å². The van der Waals surface area contributed by atoms with E-state index in [0.29, 0.717) is 0 Å². The zero-order chi connectivity index (χ0) is 22.8. The molecule has 1 aliphatic rings. The molecule has 0 saturated carbocycles. The number of amides is 1. The monoisotopic (exact) mass is 458 g/mol. The molecular weight excluding hydrogens is 437 g/mol. The summed E-state index contributed by atoms with van der Waals surface area (Å²) < 4.78 is 73.2. The van der Waals surface area contributed by atoms with Gasteiger partial charge < -0.3 is 15.2 Å². The Morgan fingerprint density at radius 3 is 2.52 bits per heavy atom. The molecule has 1 saturated heterocycles. The summed E-state index contributed by atoms with van der Waals surface area (Å²) in [6, 6.07) is 5.52. The third-order valence-electron chi connectivity index (χ3n) is 4.98. The number of nitrogens with one attached hydrogen (secondary N) is 1. The molecule has 11 heteroatoms. The normalized spacial score (nSPS) is 20.3. The average Bonchev–Trinajstić information content (AvgIpc) is 2.92. The number of aliphatic hydroxyl groups excluding tert-OH is 1. The lowest BCUT2D eigenvalue weighted by Gasteiger charge is -2.23. The minimum absolute atomic E-state index is 0.0475. The second-order valence-electron chi connectivity index (χ2n) is 7.13. The summed E-state index contributed by atoms with van der Waals surface area (Å²) in [5.74, 6) is -4.15. The summed E-state index contributed by atoms with van der Waals surface area (Å²) in [4.78, 5) is 11.8. The number of carbonyl (C=O) groups is 1. The van der Waals surface area contributed by atoms with Gasteiger partial charge in [0.1, 0.15) is 10.7 Å². The fourth-order valence-electron chi connectivity index (χ4n) is 3.25. The first-order chi connectivity index (χ1) is 14.6. The van der Waals surface area contributed by atoms with E-state index in [2.05, 4.69) is 5.32 Å². The van der Waals surface area contributed by atoms with Gasteiger partial charge in [-0.15, -0.1) is 0 Å². The smallest absolute Gasteiger partial charge is 0.255 e. The second kappa shape index (κ2) is 9.35. The van der Waals surface area contributed by atoms with Gasteiger partial charge in [0.05, 0.1) is 12.2 Å². The van der Waals surface area contributed by atoms with E-state index in [0.717, 1.165) is 40.7 Å². The van der Waals surface area contributed by atoms with Crippen LogP contribution in [0, 0.1) is 17.5 Å². The lowest BCUT2D eigenvalue weighted by Crippen LogP contribution is -2.37. The molecule has 2 unspecified atom stereocenters. The lowest BCUT2D eigenvalue weighted by atomic mass is 10.1. The van der Waals surface area contributed by atoms with Gasteiger partial charge in [-0.3, -0.25) is 4.79 Å². The molecule has 2 N–H and O–H groups in total. The van der Waals surface area contributed by atoms with Crippen molar-refractivity contribution in [2.45, 2.75) is 29.9 Å². The van der Waals surface area contributed by atoms with Gasteiger partial charge >= 0.3 is 0 Å². The number of hydrogen-bond donors (Lipinski definition) is 2. The first kappa shape index (κ1) is 23.2. The molecule has 1 heterocycles. The number of aliphatic hydroxyl groups is 1. The second-order valence-corrected chi connectivity index (χ2v) is 9.03. The van der Waals surface area contributed by atoms with Crippen LogP contribution in [0.3, 0.4) is 0 Å². The lowest BCUT2D eigenvalue weighted by molar-refractivity contribution is 0.0508. The van der Waals surface area contributed by atoms with Crippen molar-refractivity contribution in [1.29, 1.82) is 0 Å². The van der Waals surface area contributed by atoms with E-state index < -0.39 is 50.5 Å². The Balaban J connectivity index is 1.88. The van der Waals surface area contributed by atoms with Crippen molar-refractivity contribution < 1.29 is 36.2 Å². The van der Waals surface area contributed by atoms with E-state index in [1.807, 2.05) is 0 Å². The van der Waals surface area contributed by atoms with Gasteiger partial charge in [-0.05, 0) is 36.8 Å². The summed E-state index contributed by atoms with van der Waals surface area (Å²) in [5, 5.41) is 12.2. The summed E-state index contributed by atoms with van der Waals surface area (Å²) in [6.45, 7) is -0.130. The van der Waals surface area contributed by atoms with Gasteiger partial charge in [0.25, 0.3) is 5.91 Å². The first-order valence-electron chi connectivity index (χ1n) is 9.38. The maximum atomic E-state index is 14.5. The summed E-state index contributed by atoms with van der Waals surface area (Å²) >= 11 is 0. The van der Waals surface area contributed by atoms with Crippen LogP contribution in [0.2, 0.25) is 0 Å². The Morgan fingerprint density at radius 2 is 1.84 bits per heavy atom. The highest BCUT2D eigenvalue weighted by atomic mass is 32.2. The SMILES string of the molecule is COC1CC(O)CCN(S(=O)(=O)c2cc(C(=O)Nc3ccc(F)c(F)c3)ccc2F)C1. The fraction of sp³-hybridized carbons (Fsp3) is 0.350. The number of hydrogen-bond acceptors (Lipinski definition) is 5. The topological polar surface area (TPSA) is 95.9 Å². The van der Waals surface area contributed by atoms with Crippen molar-refractivity contribution in [2.24, 2.45) is 0 Å². The van der Waals surface area contributed by atoms with Gasteiger partial charge in [-0.1, -0.05) is 0 Å². The van der Waals surface area contributed by atoms with Gasteiger partial charge in [0.2, 0.25) is 10.0 Å². The van der Waals surface area contributed by atoms with Crippen molar-refractivity contribution in [2.75, 3.05) is 25.5 Å². The average molecular weight is 458 g/mol. The van der Waals surface area contributed by atoms with Crippen LogP contribution in [0.5, 0.6) is 0 Å². The Labute approximate surface area is 177 Å². The zero-order valence-electron chi connectivity index (χ0n) is 16.5. The number of carbonyl (C=O) groups excluding carboxylic acids is 1. The van der Waals surface area contributed by atoms with Crippen molar-refractivity contribution in [3.8, 4) is 0 Å². The third-order valence-corrected chi connectivity index (χ3v) is 6.86. The van der Waals surface area contributed by atoms with Crippen molar-refractivity contribution in [3.05, 3.63) is 59.4 Å². The van der Waals surface area contributed by atoms with Crippen LogP contribution >= 0.6 is 0 Å². The molecule has 2 atom stereocenters. The highest BCUT2D eigenvalue weighted by Crippen LogP contribution is 2.25. The maximum absolute atomic E-state index is 14.5. The molecule has 2 aromatic rings. The third kappa shape index (κ3) is 5.24. The number of rotatable bonds is 5. The number of anilines is 1. The van der Waals surface area contributed by atoms with Crippen LogP contribution in [0.25, 0.3) is 0 Å². The molecule has 3 rings (SSSR count). The standard InChI is InChI=1S/C20H21F3N2O5S/c1-30-15-10-14(26)6-7-25(11-15)31(28,29)19-8-12(2-4-17(19)22)20(27)24-13-3-5-16(21)18(23)9-13/h2-5,8-9,14-15,26H,6-7,10-11H2,1H3,(H,24,27). The Bertz CT molecular complexity index is 1080. The molecule has 0 aromatic heterocycles. The van der Waals surface area contributed by atoms with E-state index in [9.17, 15) is 31.5 Å². The number of methoxy groups -OCH3 is 1. The highest BCUT2D eigenvalue weighted by molar-refractivity contribution is 7.89. The number of sulfonamides is 1. The molecule has 0 aliphatic carbocycles. The molecule has 1 aliphatic heterocycles. The Hall–Kier alpha value is -2.47. The quantitative estimate of drug-likeness (QED) is 0.718. The minimum Gasteiger partial charge on any atom is -0.393 e. The Morgan fingerprint density at radius 1 is 1.13 bits per heavy atom. The predicted molar refractivity (Wildman–Crippen MR) is 106 cm³/mol. The van der Waals surface area contributed by atoms with Gasteiger partial charge in [-0.2, -0.15) is 4.31 Å². The largest absolute Gasteiger partial charge is 0.393 e. The number of ether oxygens (including phenoxy) is 1. The number of halogens is 3. The molecule has 0 radical (unpaired) electrons. The van der Waals surface area contributed by atoms with Gasteiger partial charge in [-0.25, -0.2) is 21.6 Å².